The molecule has 3 aromatic rings. The zero-order valence-electron chi connectivity index (χ0n) is 19.9. The summed E-state index contributed by atoms with van der Waals surface area (Å²) in [6.45, 7) is 10.9. The highest BCUT2D eigenvalue weighted by atomic mass is 16.5. The number of ether oxygens (including phenoxy) is 1. The molecule has 0 N–H and O–H groups in total. The van der Waals surface area contributed by atoms with Crippen LogP contribution < -0.4 is 4.74 Å². The number of benzene rings is 3. The van der Waals surface area contributed by atoms with Crippen molar-refractivity contribution in [2.24, 2.45) is 0 Å². The van der Waals surface area contributed by atoms with Gasteiger partial charge in [-0.1, -0.05) is 78.4 Å². The van der Waals surface area contributed by atoms with Gasteiger partial charge in [0.1, 0.15) is 12.4 Å². The molecule has 3 nitrogen and oxygen atoms in total. The first kappa shape index (κ1) is 23.6. The van der Waals surface area contributed by atoms with Gasteiger partial charge in [0.2, 0.25) is 5.91 Å². The smallest absolute Gasteiger partial charge is 0.223 e. The Hall–Kier alpha value is -3.07. The van der Waals surface area contributed by atoms with Gasteiger partial charge >= 0.3 is 0 Å². The Bertz CT molecular complexity index is 988. The molecule has 0 fully saturated rings. The topological polar surface area (TPSA) is 29.5 Å². The number of rotatable bonds is 9. The first-order valence-electron chi connectivity index (χ1n) is 11.5. The molecule has 3 aromatic carbocycles. The van der Waals surface area contributed by atoms with E-state index >= 15 is 0 Å². The van der Waals surface area contributed by atoms with Gasteiger partial charge in [-0.05, 0) is 51.8 Å². The molecule has 0 aliphatic rings. The maximum absolute atomic E-state index is 13.4. The predicted octanol–water partition coefficient (Wildman–Crippen LogP) is 6.74. The number of hydrogen-bond acceptors (Lipinski definition) is 2. The van der Waals surface area contributed by atoms with E-state index in [4.69, 9.17) is 4.74 Å². The lowest BCUT2D eigenvalue weighted by Crippen LogP contribution is -2.42. The first-order chi connectivity index (χ1) is 15.4. The van der Waals surface area contributed by atoms with Gasteiger partial charge in [0.25, 0.3) is 0 Å². The normalized spacial score (nSPS) is 12.1. The first-order valence-corrected chi connectivity index (χ1v) is 11.5. The third-order valence-corrected chi connectivity index (χ3v) is 5.76. The van der Waals surface area contributed by atoms with E-state index < -0.39 is 0 Å². The lowest BCUT2D eigenvalue weighted by Gasteiger charge is -2.32. The van der Waals surface area contributed by atoms with Gasteiger partial charge in [-0.3, -0.25) is 4.79 Å². The van der Waals surface area contributed by atoms with Gasteiger partial charge in [-0.2, -0.15) is 0 Å². The molecule has 168 valence electrons. The Labute approximate surface area is 193 Å². The van der Waals surface area contributed by atoms with E-state index in [-0.39, 0.29) is 23.9 Å². The standard InChI is InChI=1S/C29H35NO2/c1-21(2)30(22(3)4)29(31)19-26(25-14-10-7-11-15-25)27-18-23(5)16-17-28(27)32-20-24-12-8-6-9-13-24/h6-18,21-22,26H,19-20H2,1-5H3/t26-/m1/s1. The molecule has 1 atom stereocenters. The van der Waals surface area contributed by atoms with Crippen molar-refractivity contribution in [3.63, 3.8) is 0 Å². The Kier molecular flexibility index (Phi) is 8.10. The zero-order chi connectivity index (χ0) is 23.1. The predicted molar refractivity (Wildman–Crippen MR) is 132 cm³/mol. The van der Waals surface area contributed by atoms with Crippen molar-refractivity contribution >= 4 is 5.91 Å². The summed E-state index contributed by atoms with van der Waals surface area (Å²) in [5.41, 5.74) is 4.47. The molecule has 1 amide bonds. The van der Waals surface area contributed by atoms with Crippen LogP contribution in [0.3, 0.4) is 0 Å². The molecule has 0 saturated carbocycles. The van der Waals surface area contributed by atoms with Crippen LogP contribution in [0.25, 0.3) is 0 Å². The average Bonchev–Trinajstić information content (AvgIpc) is 2.77. The van der Waals surface area contributed by atoms with Crippen LogP contribution in [0.1, 0.15) is 62.3 Å². The maximum atomic E-state index is 13.4. The molecule has 3 heteroatoms. The third-order valence-electron chi connectivity index (χ3n) is 5.76. The fourth-order valence-corrected chi connectivity index (χ4v) is 4.35. The second-order valence-electron chi connectivity index (χ2n) is 8.97. The second-order valence-corrected chi connectivity index (χ2v) is 8.97. The molecule has 32 heavy (non-hydrogen) atoms. The molecule has 0 aliphatic carbocycles. The summed E-state index contributed by atoms with van der Waals surface area (Å²) < 4.78 is 6.29. The van der Waals surface area contributed by atoms with Crippen LogP contribution >= 0.6 is 0 Å². The molecule has 0 aliphatic heterocycles. The van der Waals surface area contributed by atoms with Gasteiger partial charge < -0.3 is 9.64 Å². The highest BCUT2D eigenvalue weighted by molar-refractivity contribution is 5.78. The maximum Gasteiger partial charge on any atom is 0.223 e. The minimum absolute atomic E-state index is 0.0747. The third kappa shape index (κ3) is 6.00. The molecule has 0 unspecified atom stereocenters. The summed E-state index contributed by atoms with van der Waals surface area (Å²) in [4.78, 5) is 15.4. The van der Waals surface area contributed by atoms with E-state index in [2.05, 4.69) is 71.0 Å². The van der Waals surface area contributed by atoms with E-state index in [1.54, 1.807) is 0 Å². The molecule has 0 saturated heterocycles. The highest BCUT2D eigenvalue weighted by Crippen LogP contribution is 2.36. The molecule has 0 bridgehead atoms. The van der Waals surface area contributed by atoms with Crippen molar-refractivity contribution in [3.05, 3.63) is 101 Å². The lowest BCUT2D eigenvalue weighted by molar-refractivity contribution is -0.135. The summed E-state index contributed by atoms with van der Waals surface area (Å²) in [5, 5.41) is 0. The Morgan fingerprint density at radius 2 is 1.44 bits per heavy atom. The fraction of sp³-hybridized carbons (Fsp3) is 0.345. The van der Waals surface area contributed by atoms with Gasteiger partial charge in [0.15, 0.2) is 0 Å². The summed E-state index contributed by atoms with van der Waals surface area (Å²) in [5.74, 6) is 0.926. The van der Waals surface area contributed by atoms with Crippen molar-refractivity contribution in [2.45, 2.75) is 65.6 Å². The Morgan fingerprint density at radius 3 is 2.03 bits per heavy atom. The molecule has 0 spiro atoms. The van der Waals surface area contributed by atoms with Crippen molar-refractivity contribution < 1.29 is 9.53 Å². The van der Waals surface area contributed by atoms with Crippen LogP contribution in [0.5, 0.6) is 5.75 Å². The molecule has 3 rings (SSSR count). The van der Waals surface area contributed by atoms with Crippen LogP contribution in [-0.2, 0) is 11.4 Å². The van der Waals surface area contributed by atoms with Crippen LogP contribution in [0.2, 0.25) is 0 Å². The van der Waals surface area contributed by atoms with Gasteiger partial charge in [-0.25, -0.2) is 0 Å². The van der Waals surface area contributed by atoms with Crippen molar-refractivity contribution in [1.82, 2.24) is 4.90 Å². The minimum atomic E-state index is -0.0747. The molecule has 0 radical (unpaired) electrons. The Balaban J connectivity index is 1.97. The number of nitrogens with zero attached hydrogens (tertiary/aromatic N) is 1. The van der Waals surface area contributed by atoms with Gasteiger partial charge in [0, 0.05) is 30.0 Å². The van der Waals surface area contributed by atoms with E-state index in [1.807, 2.05) is 47.4 Å². The summed E-state index contributed by atoms with van der Waals surface area (Å²) in [7, 11) is 0. The van der Waals surface area contributed by atoms with Crippen LogP contribution in [-0.4, -0.2) is 22.9 Å². The quantitative estimate of drug-likeness (QED) is 0.377. The Morgan fingerprint density at radius 1 is 0.844 bits per heavy atom. The van der Waals surface area contributed by atoms with E-state index in [1.165, 1.54) is 0 Å². The SMILES string of the molecule is Cc1ccc(OCc2ccccc2)c([C@H](CC(=O)N(C(C)C)C(C)C)c2ccccc2)c1. The fourth-order valence-electron chi connectivity index (χ4n) is 4.35. The number of amides is 1. The lowest BCUT2D eigenvalue weighted by atomic mass is 9.86. The van der Waals surface area contributed by atoms with Crippen molar-refractivity contribution in [1.29, 1.82) is 0 Å². The monoisotopic (exact) mass is 429 g/mol. The van der Waals surface area contributed by atoms with Gasteiger partial charge in [-0.15, -0.1) is 0 Å². The molecule has 0 aromatic heterocycles. The molecule has 0 heterocycles. The van der Waals surface area contributed by atoms with Crippen LogP contribution in [0, 0.1) is 6.92 Å². The minimum Gasteiger partial charge on any atom is -0.489 e. The molecular formula is C29H35NO2. The largest absolute Gasteiger partial charge is 0.489 e. The van der Waals surface area contributed by atoms with Crippen LogP contribution in [0.15, 0.2) is 78.9 Å². The summed E-state index contributed by atoms with van der Waals surface area (Å²) in [6.07, 6.45) is 0.408. The van der Waals surface area contributed by atoms with E-state index in [9.17, 15) is 4.79 Å². The summed E-state index contributed by atoms with van der Waals surface area (Å²) >= 11 is 0. The number of carbonyl (C=O) groups is 1. The van der Waals surface area contributed by atoms with Crippen molar-refractivity contribution in [2.75, 3.05) is 0 Å². The highest BCUT2D eigenvalue weighted by Gasteiger charge is 2.27. The zero-order valence-corrected chi connectivity index (χ0v) is 19.9. The van der Waals surface area contributed by atoms with Crippen molar-refractivity contribution in [3.8, 4) is 5.75 Å². The summed E-state index contributed by atoms with van der Waals surface area (Å²) in [6, 6.07) is 27.1. The van der Waals surface area contributed by atoms with E-state index in [0.29, 0.717) is 13.0 Å². The number of aryl methyl sites for hydroxylation is 1. The molecular weight excluding hydrogens is 394 g/mol. The van der Waals surface area contributed by atoms with Crippen LogP contribution in [0.4, 0.5) is 0 Å². The average molecular weight is 430 g/mol. The number of carbonyl (C=O) groups excluding carboxylic acids is 1. The second kappa shape index (κ2) is 11.0. The van der Waals surface area contributed by atoms with Gasteiger partial charge in [0.05, 0.1) is 0 Å². The van der Waals surface area contributed by atoms with E-state index in [0.717, 1.165) is 28.0 Å². The number of hydrogen-bond donors (Lipinski definition) is 0.